The van der Waals surface area contributed by atoms with Gasteiger partial charge in [0.25, 0.3) is 0 Å². The van der Waals surface area contributed by atoms with E-state index in [1.807, 2.05) is 18.2 Å². The molecule has 0 bridgehead atoms. The summed E-state index contributed by atoms with van der Waals surface area (Å²) in [6.07, 6.45) is 4.83. The Morgan fingerprint density at radius 3 is 2.45 bits per heavy atom. The van der Waals surface area contributed by atoms with Gasteiger partial charge in [-0.1, -0.05) is 37.6 Å². The number of fused-ring (bicyclic) bond motifs is 1. The van der Waals surface area contributed by atoms with Crippen molar-refractivity contribution >= 4 is 28.6 Å². The maximum Gasteiger partial charge on any atom is 0.333 e. The molecule has 0 amide bonds. The minimum Gasteiger partial charge on any atom is -0.462 e. The van der Waals surface area contributed by atoms with Crippen LogP contribution in [0.3, 0.4) is 0 Å². The third-order valence-electron chi connectivity index (χ3n) is 4.62. The molecule has 0 N–H and O–H groups in total. The summed E-state index contributed by atoms with van der Waals surface area (Å²) in [7, 11) is 0. The molecule has 0 aliphatic carbocycles. The van der Waals surface area contributed by atoms with Crippen molar-refractivity contribution in [3.63, 3.8) is 0 Å². The van der Waals surface area contributed by atoms with Gasteiger partial charge in [-0.15, -0.1) is 10.2 Å². The van der Waals surface area contributed by atoms with Crippen LogP contribution in [-0.2, 0) is 22.4 Å². The van der Waals surface area contributed by atoms with Crippen molar-refractivity contribution < 1.29 is 9.53 Å². The number of benzene rings is 2. The average molecular weight is 412 g/mol. The third-order valence-corrected chi connectivity index (χ3v) is 4.86. The predicted molar refractivity (Wildman–Crippen MR) is 117 cm³/mol. The summed E-state index contributed by atoms with van der Waals surface area (Å²) >= 11 is 6.08. The molecule has 0 fully saturated rings. The molecule has 0 saturated carbocycles. The van der Waals surface area contributed by atoms with E-state index in [0.29, 0.717) is 17.2 Å². The van der Waals surface area contributed by atoms with E-state index in [1.165, 1.54) is 11.1 Å². The Hall–Kier alpha value is -2.66. The van der Waals surface area contributed by atoms with Crippen LogP contribution >= 0.6 is 11.6 Å². The van der Waals surface area contributed by atoms with Crippen LogP contribution in [0.1, 0.15) is 44.2 Å². The first-order chi connectivity index (χ1) is 14.0. The number of aromatic nitrogens is 3. The molecule has 0 aliphatic heterocycles. The van der Waals surface area contributed by atoms with Gasteiger partial charge >= 0.3 is 5.97 Å². The predicted octanol–water partition coefficient (Wildman–Crippen LogP) is 5.47. The lowest BCUT2D eigenvalue weighted by Crippen LogP contribution is -2.07. The van der Waals surface area contributed by atoms with E-state index >= 15 is 0 Å². The van der Waals surface area contributed by atoms with Crippen LogP contribution < -0.4 is 0 Å². The second kappa shape index (κ2) is 9.70. The topological polar surface area (TPSA) is 57.0 Å². The summed E-state index contributed by atoms with van der Waals surface area (Å²) in [4.78, 5) is 13.2. The molecular weight excluding hydrogens is 386 g/mol. The highest BCUT2D eigenvalue weighted by atomic mass is 35.5. The van der Waals surface area contributed by atoms with Crippen molar-refractivity contribution in [1.82, 2.24) is 15.0 Å². The number of carbonyl (C=O) groups is 1. The summed E-state index contributed by atoms with van der Waals surface area (Å²) < 4.78 is 5.21. The molecule has 0 spiro atoms. The van der Waals surface area contributed by atoms with Gasteiger partial charge in [-0.05, 0) is 74.1 Å². The molecule has 152 valence electrons. The van der Waals surface area contributed by atoms with Crippen molar-refractivity contribution in [1.29, 1.82) is 0 Å². The Balaban J connectivity index is 1.80. The monoisotopic (exact) mass is 411 g/mol. The van der Waals surface area contributed by atoms with E-state index in [1.54, 1.807) is 11.7 Å². The molecule has 2 aromatic carbocycles. The zero-order valence-corrected chi connectivity index (χ0v) is 17.7. The van der Waals surface area contributed by atoms with E-state index in [0.717, 1.165) is 48.8 Å². The second-order valence-electron chi connectivity index (χ2n) is 7.25. The van der Waals surface area contributed by atoms with E-state index < -0.39 is 0 Å². The van der Waals surface area contributed by atoms with Gasteiger partial charge < -0.3 is 4.74 Å². The van der Waals surface area contributed by atoms with Crippen LogP contribution in [0.4, 0.5) is 0 Å². The first kappa shape index (κ1) is 21.1. The quantitative estimate of drug-likeness (QED) is 0.266. The first-order valence-corrected chi connectivity index (χ1v) is 10.3. The number of hydrogen-bond donors (Lipinski definition) is 0. The Morgan fingerprint density at radius 1 is 1.07 bits per heavy atom. The lowest BCUT2D eigenvalue weighted by Gasteiger charge is -2.10. The molecule has 0 aliphatic rings. The third kappa shape index (κ3) is 5.67. The first-order valence-electron chi connectivity index (χ1n) is 9.94. The van der Waals surface area contributed by atoms with Crippen molar-refractivity contribution in [2.45, 2.75) is 46.0 Å². The van der Waals surface area contributed by atoms with Crippen molar-refractivity contribution in [2.24, 2.45) is 0 Å². The van der Waals surface area contributed by atoms with Crippen molar-refractivity contribution in [2.75, 3.05) is 6.61 Å². The van der Waals surface area contributed by atoms with Gasteiger partial charge in [0.2, 0.25) is 0 Å². The Bertz CT molecular complexity index is 1030. The van der Waals surface area contributed by atoms with Gasteiger partial charge in [0.1, 0.15) is 11.0 Å². The Kier molecular flexibility index (Phi) is 7.04. The zero-order chi connectivity index (χ0) is 20.8. The number of halogens is 1. The molecule has 0 saturated heterocycles. The summed E-state index contributed by atoms with van der Waals surface area (Å²) in [5.41, 5.74) is 5.37. The molecule has 6 heteroatoms. The molecule has 29 heavy (non-hydrogen) atoms. The van der Waals surface area contributed by atoms with E-state index in [-0.39, 0.29) is 5.97 Å². The van der Waals surface area contributed by atoms with E-state index in [4.69, 9.17) is 16.3 Å². The number of ether oxygens (including phenoxy) is 1. The normalized spacial score (nSPS) is 11.0. The van der Waals surface area contributed by atoms with Crippen molar-refractivity contribution in [3.8, 4) is 5.69 Å². The van der Waals surface area contributed by atoms with Crippen LogP contribution in [0.25, 0.3) is 16.7 Å². The van der Waals surface area contributed by atoms with Gasteiger partial charge in [0.15, 0.2) is 0 Å². The number of aryl methyl sites for hydroxylation is 2. The summed E-state index contributed by atoms with van der Waals surface area (Å²) in [6, 6.07) is 12.0. The van der Waals surface area contributed by atoms with Crippen molar-refractivity contribution in [3.05, 3.63) is 64.7 Å². The van der Waals surface area contributed by atoms with E-state index in [9.17, 15) is 4.79 Å². The van der Waals surface area contributed by atoms with Crippen LogP contribution in [0.2, 0.25) is 5.02 Å². The van der Waals surface area contributed by atoms with Crippen LogP contribution in [0.15, 0.2) is 48.6 Å². The van der Waals surface area contributed by atoms with Gasteiger partial charge in [0, 0.05) is 10.6 Å². The average Bonchev–Trinajstić information content (AvgIpc) is 3.12. The minimum atomic E-state index is -0.339. The lowest BCUT2D eigenvalue weighted by molar-refractivity contribution is -0.139. The maximum absolute atomic E-state index is 11.5. The fraction of sp³-hybridized carbons (Fsp3) is 0.348. The molecule has 0 radical (unpaired) electrons. The van der Waals surface area contributed by atoms with Gasteiger partial charge in [-0.3, -0.25) is 0 Å². The summed E-state index contributed by atoms with van der Waals surface area (Å²) in [6.45, 7) is 7.82. The highest BCUT2D eigenvalue weighted by Crippen LogP contribution is 2.20. The SMILES string of the molecule is C=C(C)C(=O)OCCCc1cc(CCCC)cc(-n2nc3ccc(Cl)cc3n2)c1. The van der Waals surface area contributed by atoms with Crippen LogP contribution in [-0.4, -0.2) is 27.6 Å². The maximum atomic E-state index is 11.5. The highest BCUT2D eigenvalue weighted by molar-refractivity contribution is 6.31. The minimum absolute atomic E-state index is 0.339. The molecule has 3 aromatic rings. The number of rotatable bonds is 9. The summed E-state index contributed by atoms with van der Waals surface area (Å²) in [5, 5.41) is 9.83. The van der Waals surface area contributed by atoms with Gasteiger partial charge in [-0.25, -0.2) is 4.79 Å². The Labute approximate surface area is 176 Å². The Morgan fingerprint density at radius 2 is 1.76 bits per heavy atom. The number of carbonyl (C=O) groups excluding carboxylic acids is 1. The number of unbranched alkanes of at least 4 members (excludes halogenated alkanes) is 1. The molecule has 0 atom stereocenters. The highest BCUT2D eigenvalue weighted by Gasteiger charge is 2.09. The molecule has 5 nitrogen and oxygen atoms in total. The summed E-state index contributed by atoms with van der Waals surface area (Å²) in [5.74, 6) is -0.339. The zero-order valence-electron chi connectivity index (χ0n) is 16.9. The van der Waals surface area contributed by atoms with Crippen LogP contribution in [0.5, 0.6) is 0 Å². The van der Waals surface area contributed by atoms with Crippen LogP contribution in [0, 0.1) is 0 Å². The number of nitrogens with zero attached hydrogens (tertiary/aromatic N) is 3. The molecule has 3 rings (SSSR count). The second-order valence-corrected chi connectivity index (χ2v) is 7.69. The molecule has 1 aromatic heterocycles. The largest absolute Gasteiger partial charge is 0.462 e. The smallest absolute Gasteiger partial charge is 0.333 e. The molecule has 1 heterocycles. The van der Waals surface area contributed by atoms with Gasteiger partial charge in [0.05, 0.1) is 12.3 Å². The lowest BCUT2D eigenvalue weighted by atomic mass is 10.0. The van der Waals surface area contributed by atoms with Gasteiger partial charge in [-0.2, -0.15) is 4.80 Å². The van der Waals surface area contributed by atoms with E-state index in [2.05, 4.69) is 41.9 Å². The molecule has 0 unspecified atom stereocenters. The number of hydrogen-bond acceptors (Lipinski definition) is 4. The fourth-order valence-corrected chi connectivity index (χ4v) is 3.26. The molecular formula is C23H26ClN3O2. The standard InChI is InChI=1S/C23H26ClN3O2/c1-4-5-7-17-12-18(8-6-11-29-23(28)16(2)3)14-20(13-17)27-25-21-10-9-19(24)15-22(21)26-27/h9-10,12-15H,2,4-8,11H2,1,3H3. The number of esters is 1. The fourth-order valence-electron chi connectivity index (χ4n) is 3.10.